The first-order chi connectivity index (χ1) is 4.22. The molecule has 0 aromatic rings. The Morgan fingerprint density at radius 3 is 2.33 bits per heavy atom. The molecule has 44 valence electrons. The molecule has 0 saturated heterocycles. The van der Waals surface area contributed by atoms with Crippen molar-refractivity contribution in [3.8, 4) is 0 Å². The standard InChI is InChI=1S/C6H7NO.Zn/c1-3-5(4-2)6(7)8;/h1,3-4H,2H2,(H2,7,8);/b5-3+;. The summed E-state index contributed by atoms with van der Waals surface area (Å²) in [6.07, 6.45) is 3.13. The predicted molar refractivity (Wildman–Crippen MR) is 33.5 cm³/mol. The van der Waals surface area contributed by atoms with Crippen molar-refractivity contribution in [2.24, 2.45) is 5.73 Å². The fourth-order valence-corrected chi connectivity index (χ4v) is 0.911. The first-order valence-corrected chi connectivity index (χ1v) is 4.18. The van der Waals surface area contributed by atoms with Crippen molar-refractivity contribution in [3.05, 3.63) is 24.3 Å². The molecule has 0 aromatic heterocycles. The molecule has 0 saturated carbocycles. The minimum atomic E-state index is -0.422. The molecule has 2 N–H and O–H groups in total. The number of hydrogen-bond donors (Lipinski definition) is 1. The van der Waals surface area contributed by atoms with Gasteiger partial charge in [-0.05, 0) is 0 Å². The van der Waals surface area contributed by atoms with Crippen LogP contribution in [0.3, 0.4) is 0 Å². The zero-order valence-electron chi connectivity index (χ0n) is 5.13. The van der Waals surface area contributed by atoms with E-state index in [1.807, 2.05) is 4.61 Å². The summed E-state index contributed by atoms with van der Waals surface area (Å²) in [7, 11) is 0. The average Bonchev–Trinajstić information content (AvgIpc) is 1.82. The molecular weight excluding hydrogens is 167 g/mol. The van der Waals surface area contributed by atoms with Crippen molar-refractivity contribution in [1.82, 2.24) is 0 Å². The van der Waals surface area contributed by atoms with E-state index < -0.39 is 5.91 Å². The van der Waals surface area contributed by atoms with Gasteiger partial charge in [-0.3, -0.25) is 0 Å². The summed E-state index contributed by atoms with van der Waals surface area (Å²) in [6, 6.07) is 0. The van der Waals surface area contributed by atoms with Crippen molar-refractivity contribution < 1.29 is 22.6 Å². The van der Waals surface area contributed by atoms with Crippen molar-refractivity contribution in [2.45, 2.75) is 0 Å². The Balaban J connectivity index is 4.32. The molecule has 3 heteroatoms. The summed E-state index contributed by atoms with van der Waals surface area (Å²) in [6.45, 7) is 3.43. The topological polar surface area (TPSA) is 43.1 Å². The first kappa shape index (κ1) is 8.44. The van der Waals surface area contributed by atoms with Crippen molar-refractivity contribution in [2.75, 3.05) is 0 Å². The van der Waals surface area contributed by atoms with E-state index in [1.54, 1.807) is 6.08 Å². The summed E-state index contributed by atoms with van der Waals surface area (Å²) < 4.78 is 1.86. The van der Waals surface area contributed by atoms with Crippen LogP contribution in [0.25, 0.3) is 0 Å². The molecule has 0 aliphatic carbocycles. The Hall–Kier alpha value is -0.557. The Morgan fingerprint density at radius 1 is 1.67 bits per heavy atom. The summed E-state index contributed by atoms with van der Waals surface area (Å²) >= 11 is 1.02. The molecule has 1 amide bonds. The Bertz CT molecular complexity index is 172. The second kappa shape index (κ2) is 4.33. The molecule has 0 spiro atoms. The molecule has 0 bridgehead atoms. The van der Waals surface area contributed by atoms with Gasteiger partial charge < -0.3 is 0 Å². The fourth-order valence-electron chi connectivity index (χ4n) is 0.378. The Labute approximate surface area is 63.6 Å². The number of nitrogens with two attached hydrogens (primary N) is 1. The Morgan fingerprint density at radius 2 is 2.22 bits per heavy atom. The van der Waals surface area contributed by atoms with E-state index in [9.17, 15) is 4.79 Å². The van der Waals surface area contributed by atoms with Crippen molar-refractivity contribution in [3.63, 3.8) is 0 Å². The van der Waals surface area contributed by atoms with Crippen LogP contribution in [0.4, 0.5) is 0 Å². The molecule has 0 aliphatic rings. The van der Waals surface area contributed by atoms with Crippen LogP contribution >= 0.6 is 0 Å². The fraction of sp³-hybridized carbons (Fsp3) is 0. The van der Waals surface area contributed by atoms with Gasteiger partial charge in [0.05, 0.1) is 0 Å². The third-order valence-electron chi connectivity index (χ3n) is 0.802. The average molecular weight is 175 g/mol. The summed E-state index contributed by atoms with van der Waals surface area (Å²) in [5.41, 5.74) is 5.42. The van der Waals surface area contributed by atoms with E-state index in [1.165, 1.54) is 6.08 Å². The van der Waals surface area contributed by atoms with Gasteiger partial charge in [0.1, 0.15) is 0 Å². The SMILES string of the molecule is C=C/C(=C\[CH]=[Zn])C(N)=O. The van der Waals surface area contributed by atoms with Crippen LogP contribution in [0.2, 0.25) is 0 Å². The zero-order valence-corrected chi connectivity index (χ0v) is 8.10. The molecule has 0 radical (unpaired) electrons. The van der Waals surface area contributed by atoms with Crippen molar-refractivity contribution in [1.29, 1.82) is 0 Å². The molecule has 0 aliphatic heterocycles. The molecule has 0 unspecified atom stereocenters. The van der Waals surface area contributed by atoms with Crippen LogP contribution in [0, 0.1) is 0 Å². The van der Waals surface area contributed by atoms with Gasteiger partial charge in [0.2, 0.25) is 0 Å². The number of rotatable bonds is 3. The van der Waals surface area contributed by atoms with Gasteiger partial charge in [0.25, 0.3) is 0 Å². The molecular formula is C6H7NOZn. The van der Waals surface area contributed by atoms with Gasteiger partial charge in [0.15, 0.2) is 0 Å². The maximum absolute atomic E-state index is 10.4. The van der Waals surface area contributed by atoms with Gasteiger partial charge in [0, 0.05) is 0 Å². The summed E-state index contributed by atoms with van der Waals surface area (Å²) in [5.74, 6) is -0.422. The molecule has 0 rings (SSSR count). The maximum atomic E-state index is 10.4. The number of allylic oxidation sites excluding steroid dienone is 1. The third kappa shape index (κ3) is 3.09. The minimum absolute atomic E-state index is 0.422. The van der Waals surface area contributed by atoms with E-state index in [2.05, 4.69) is 6.58 Å². The van der Waals surface area contributed by atoms with Crippen LogP contribution in [0.5, 0.6) is 0 Å². The summed E-state index contributed by atoms with van der Waals surface area (Å²) in [4.78, 5) is 10.4. The predicted octanol–water partition coefficient (Wildman–Crippen LogP) is -0.0669. The zero-order chi connectivity index (χ0) is 7.28. The van der Waals surface area contributed by atoms with Crippen LogP contribution < -0.4 is 5.73 Å². The van der Waals surface area contributed by atoms with Gasteiger partial charge in [-0.1, -0.05) is 0 Å². The Kier molecular flexibility index (Phi) is 4.07. The molecule has 9 heavy (non-hydrogen) atoms. The number of amides is 1. The number of carbonyl (C=O) groups excluding carboxylic acids is 1. The molecule has 0 atom stereocenters. The number of carbonyl (C=O) groups is 1. The van der Waals surface area contributed by atoms with Crippen LogP contribution in [0.15, 0.2) is 24.3 Å². The van der Waals surface area contributed by atoms with Gasteiger partial charge in [-0.2, -0.15) is 0 Å². The van der Waals surface area contributed by atoms with E-state index in [0.29, 0.717) is 5.57 Å². The second-order valence-corrected chi connectivity index (χ2v) is 2.42. The van der Waals surface area contributed by atoms with Crippen LogP contribution in [-0.2, 0) is 22.6 Å². The molecule has 0 heterocycles. The third-order valence-corrected chi connectivity index (χ3v) is 1.30. The van der Waals surface area contributed by atoms with E-state index in [-0.39, 0.29) is 0 Å². The molecule has 0 fully saturated rings. The summed E-state index contributed by atoms with van der Waals surface area (Å²) in [5, 5.41) is 0. The van der Waals surface area contributed by atoms with Crippen molar-refractivity contribution >= 4 is 10.5 Å². The van der Waals surface area contributed by atoms with Gasteiger partial charge in [-0.15, -0.1) is 0 Å². The van der Waals surface area contributed by atoms with Crippen LogP contribution in [-0.4, -0.2) is 10.5 Å². The normalized spacial score (nSPS) is 10.7. The van der Waals surface area contributed by atoms with E-state index >= 15 is 0 Å². The first-order valence-electron chi connectivity index (χ1n) is 2.47. The van der Waals surface area contributed by atoms with E-state index in [4.69, 9.17) is 5.73 Å². The van der Waals surface area contributed by atoms with Crippen LogP contribution in [0.1, 0.15) is 0 Å². The second-order valence-electron chi connectivity index (χ2n) is 1.43. The quantitative estimate of drug-likeness (QED) is 0.363. The molecule has 0 aromatic carbocycles. The number of primary amides is 1. The molecule has 2 nitrogen and oxygen atoms in total. The number of hydrogen-bond acceptors (Lipinski definition) is 1. The van der Waals surface area contributed by atoms with E-state index in [0.717, 1.165) is 17.9 Å². The van der Waals surface area contributed by atoms with Gasteiger partial charge in [-0.25, -0.2) is 0 Å². The van der Waals surface area contributed by atoms with Gasteiger partial charge >= 0.3 is 63.2 Å². The monoisotopic (exact) mass is 173 g/mol.